The van der Waals surface area contributed by atoms with Gasteiger partial charge in [-0.2, -0.15) is 0 Å². The summed E-state index contributed by atoms with van der Waals surface area (Å²) in [4.78, 5) is 13.2. The molecule has 1 aliphatic rings. The molecular formula is C19H23N3O3. The standard InChI is InChI=1S/C19H23N3O3/c23-19(15-7-3-1-4-8-15)14-20-17-13-16(9-10-18(17)22(24)25)21-11-5-2-6-12-21/h1,3-4,7-10,13,19-20,23H,2,5-6,11-12,14H2. The van der Waals surface area contributed by atoms with Gasteiger partial charge in [0.2, 0.25) is 0 Å². The average molecular weight is 341 g/mol. The van der Waals surface area contributed by atoms with Gasteiger partial charge in [-0.1, -0.05) is 30.3 Å². The molecule has 0 saturated carbocycles. The zero-order valence-electron chi connectivity index (χ0n) is 14.1. The van der Waals surface area contributed by atoms with E-state index >= 15 is 0 Å². The monoisotopic (exact) mass is 341 g/mol. The van der Waals surface area contributed by atoms with Crippen molar-refractivity contribution >= 4 is 17.1 Å². The first kappa shape index (κ1) is 17.2. The molecule has 2 aromatic rings. The largest absolute Gasteiger partial charge is 0.387 e. The van der Waals surface area contributed by atoms with Gasteiger partial charge in [0.25, 0.3) is 5.69 Å². The summed E-state index contributed by atoms with van der Waals surface area (Å²) >= 11 is 0. The molecule has 0 bridgehead atoms. The first-order valence-electron chi connectivity index (χ1n) is 8.65. The Morgan fingerprint density at radius 1 is 1.12 bits per heavy atom. The number of aliphatic hydroxyl groups is 1. The van der Waals surface area contributed by atoms with Crippen molar-refractivity contribution in [1.82, 2.24) is 0 Å². The first-order chi connectivity index (χ1) is 12.1. The molecule has 0 amide bonds. The molecule has 25 heavy (non-hydrogen) atoms. The van der Waals surface area contributed by atoms with Crippen molar-refractivity contribution < 1.29 is 10.0 Å². The van der Waals surface area contributed by atoms with Crippen LogP contribution in [0.5, 0.6) is 0 Å². The average Bonchev–Trinajstić information content (AvgIpc) is 2.67. The number of hydrogen-bond donors (Lipinski definition) is 2. The maximum atomic E-state index is 11.3. The zero-order chi connectivity index (χ0) is 17.6. The van der Waals surface area contributed by atoms with Crippen LogP contribution in [0, 0.1) is 10.1 Å². The van der Waals surface area contributed by atoms with E-state index in [1.807, 2.05) is 42.5 Å². The summed E-state index contributed by atoms with van der Waals surface area (Å²) < 4.78 is 0. The fourth-order valence-corrected chi connectivity index (χ4v) is 3.17. The smallest absolute Gasteiger partial charge is 0.292 e. The third-order valence-electron chi connectivity index (χ3n) is 4.57. The molecule has 1 unspecified atom stereocenters. The minimum atomic E-state index is -0.723. The summed E-state index contributed by atoms with van der Waals surface area (Å²) in [5, 5.41) is 24.7. The number of nitrogens with one attached hydrogen (secondary N) is 1. The Morgan fingerprint density at radius 2 is 1.84 bits per heavy atom. The fourth-order valence-electron chi connectivity index (χ4n) is 3.17. The van der Waals surface area contributed by atoms with Crippen LogP contribution >= 0.6 is 0 Å². The Hall–Kier alpha value is -2.60. The molecule has 132 valence electrons. The molecule has 0 radical (unpaired) electrons. The number of anilines is 2. The van der Waals surface area contributed by atoms with Crippen molar-refractivity contribution in [1.29, 1.82) is 0 Å². The minimum Gasteiger partial charge on any atom is -0.387 e. The molecule has 1 saturated heterocycles. The van der Waals surface area contributed by atoms with Gasteiger partial charge >= 0.3 is 0 Å². The summed E-state index contributed by atoms with van der Waals surface area (Å²) in [6.45, 7) is 2.17. The lowest BCUT2D eigenvalue weighted by molar-refractivity contribution is -0.383. The zero-order valence-corrected chi connectivity index (χ0v) is 14.1. The van der Waals surface area contributed by atoms with E-state index in [0.717, 1.165) is 37.2 Å². The molecule has 1 aliphatic heterocycles. The lowest BCUT2D eigenvalue weighted by atomic mass is 10.1. The van der Waals surface area contributed by atoms with Gasteiger partial charge in [0.15, 0.2) is 0 Å². The molecule has 0 spiro atoms. The molecule has 0 aromatic heterocycles. The van der Waals surface area contributed by atoms with Crippen LogP contribution in [0.15, 0.2) is 48.5 Å². The SMILES string of the molecule is O=[N+]([O-])c1ccc(N2CCCCC2)cc1NCC(O)c1ccccc1. The van der Waals surface area contributed by atoms with Gasteiger partial charge in [-0.3, -0.25) is 10.1 Å². The van der Waals surface area contributed by atoms with Crippen LogP contribution in [-0.4, -0.2) is 29.7 Å². The van der Waals surface area contributed by atoms with Crippen molar-refractivity contribution in [3.8, 4) is 0 Å². The highest BCUT2D eigenvalue weighted by molar-refractivity contribution is 5.69. The van der Waals surface area contributed by atoms with Gasteiger partial charge in [-0.15, -0.1) is 0 Å². The summed E-state index contributed by atoms with van der Waals surface area (Å²) in [6.07, 6.45) is 2.80. The van der Waals surface area contributed by atoms with Crippen molar-refractivity contribution in [3.05, 3.63) is 64.2 Å². The third kappa shape index (κ3) is 4.28. The van der Waals surface area contributed by atoms with Crippen LogP contribution < -0.4 is 10.2 Å². The number of nitro groups is 1. The van der Waals surface area contributed by atoms with Gasteiger partial charge in [-0.05, 0) is 37.0 Å². The van der Waals surface area contributed by atoms with Gasteiger partial charge in [0.1, 0.15) is 5.69 Å². The van der Waals surface area contributed by atoms with E-state index < -0.39 is 11.0 Å². The second-order valence-corrected chi connectivity index (χ2v) is 6.31. The van der Waals surface area contributed by atoms with Crippen molar-refractivity contribution in [2.24, 2.45) is 0 Å². The normalized spacial score (nSPS) is 15.6. The topological polar surface area (TPSA) is 78.6 Å². The fraction of sp³-hybridized carbons (Fsp3) is 0.368. The summed E-state index contributed by atoms with van der Waals surface area (Å²) in [6, 6.07) is 14.5. The van der Waals surface area contributed by atoms with Crippen molar-refractivity contribution in [3.63, 3.8) is 0 Å². The lowest BCUT2D eigenvalue weighted by Gasteiger charge is -2.29. The van der Waals surface area contributed by atoms with Crippen LogP contribution in [0.4, 0.5) is 17.1 Å². The molecule has 6 nitrogen and oxygen atoms in total. The van der Waals surface area contributed by atoms with Gasteiger partial charge in [0, 0.05) is 31.4 Å². The second kappa shape index (κ2) is 7.98. The predicted molar refractivity (Wildman–Crippen MR) is 99.1 cm³/mol. The molecule has 1 atom stereocenters. The number of benzene rings is 2. The predicted octanol–water partition coefficient (Wildman–Crippen LogP) is 3.73. The lowest BCUT2D eigenvalue weighted by Crippen LogP contribution is -2.29. The molecular weight excluding hydrogens is 318 g/mol. The van der Waals surface area contributed by atoms with E-state index in [4.69, 9.17) is 0 Å². The van der Waals surface area contributed by atoms with E-state index in [1.165, 1.54) is 6.42 Å². The second-order valence-electron chi connectivity index (χ2n) is 6.31. The Labute approximate surface area is 147 Å². The van der Waals surface area contributed by atoms with Crippen LogP contribution in [0.3, 0.4) is 0 Å². The Morgan fingerprint density at radius 3 is 2.52 bits per heavy atom. The number of nitrogens with zero attached hydrogens (tertiary/aromatic N) is 2. The number of nitro benzene ring substituents is 1. The van der Waals surface area contributed by atoms with Crippen LogP contribution in [-0.2, 0) is 0 Å². The molecule has 2 aromatic carbocycles. The summed E-state index contributed by atoms with van der Waals surface area (Å²) in [5.74, 6) is 0. The molecule has 1 fully saturated rings. The minimum absolute atomic E-state index is 0.0287. The van der Waals surface area contributed by atoms with E-state index in [1.54, 1.807) is 6.07 Å². The molecule has 3 rings (SSSR count). The first-order valence-corrected chi connectivity index (χ1v) is 8.65. The van der Waals surface area contributed by atoms with E-state index in [-0.39, 0.29) is 12.2 Å². The summed E-state index contributed by atoms with van der Waals surface area (Å²) in [7, 11) is 0. The third-order valence-corrected chi connectivity index (χ3v) is 4.57. The summed E-state index contributed by atoms with van der Waals surface area (Å²) in [5.41, 5.74) is 2.25. The Bertz CT molecular complexity index is 715. The van der Waals surface area contributed by atoms with Gasteiger partial charge < -0.3 is 15.3 Å². The number of rotatable bonds is 6. The maximum Gasteiger partial charge on any atom is 0.292 e. The Balaban J connectivity index is 1.76. The van der Waals surface area contributed by atoms with Crippen LogP contribution in [0.1, 0.15) is 30.9 Å². The van der Waals surface area contributed by atoms with Gasteiger partial charge in [-0.25, -0.2) is 0 Å². The quantitative estimate of drug-likeness (QED) is 0.618. The van der Waals surface area contributed by atoms with E-state index in [0.29, 0.717) is 5.69 Å². The van der Waals surface area contributed by atoms with Crippen molar-refractivity contribution in [2.45, 2.75) is 25.4 Å². The number of piperidine rings is 1. The maximum absolute atomic E-state index is 11.3. The van der Waals surface area contributed by atoms with Crippen molar-refractivity contribution in [2.75, 3.05) is 29.9 Å². The highest BCUT2D eigenvalue weighted by Gasteiger charge is 2.19. The van der Waals surface area contributed by atoms with E-state index in [2.05, 4.69) is 10.2 Å². The Kier molecular flexibility index (Phi) is 5.50. The molecule has 1 heterocycles. The van der Waals surface area contributed by atoms with Crippen LogP contribution in [0.2, 0.25) is 0 Å². The highest BCUT2D eigenvalue weighted by Crippen LogP contribution is 2.31. The molecule has 6 heteroatoms. The number of hydrogen-bond acceptors (Lipinski definition) is 5. The van der Waals surface area contributed by atoms with E-state index in [9.17, 15) is 15.2 Å². The highest BCUT2D eigenvalue weighted by atomic mass is 16.6. The molecule has 0 aliphatic carbocycles. The van der Waals surface area contributed by atoms with Crippen LogP contribution in [0.25, 0.3) is 0 Å². The number of aliphatic hydroxyl groups excluding tert-OH is 1. The van der Waals surface area contributed by atoms with Gasteiger partial charge in [0.05, 0.1) is 11.0 Å². The molecule has 2 N–H and O–H groups in total.